The zero-order valence-electron chi connectivity index (χ0n) is 17.8. The smallest absolute Gasteiger partial charge is 0.275 e. The van der Waals surface area contributed by atoms with E-state index in [-0.39, 0.29) is 5.56 Å². The lowest BCUT2D eigenvalue weighted by Gasteiger charge is -2.26. The van der Waals surface area contributed by atoms with Gasteiger partial charge in [0.05, 0.1) is 20.3 Å². The number of fused-ring (bicyclic) bond motifs is 1. The number of aromatic amines is 1. The molecule has 1 N–H and O–H groups in total. The van der Waals surface area contributed by atoms with Crippen molar-refractivity contribution in [3.8, 4) is 17.0 Å². The van der Waals surface area contributed by atoms with E-state index < -0.39 is 0 Å². The summed E-state index contributed by atoms with van der Waals surface area (Å²) in [6, 6.07) is 4.04. The Bertz CT molecular complexity index is 1120. The molecule has 3 aromatic rings. The molecule has 7 nitrogen and oxygen atoms in total. The fraction of sp³-hybridized carbons (Fsp3) is 0.391. The molecule has 1 aliphatic heterocycles. The number of allylic oxidation sites excluding steroid dienone is 2. The van der Waals surface area contributed by atoms with Gasteiger partial charge in [-0.1, -0.05) is 12.2 Å². The topological polar surface area (TPSA) is 72.4 Å². The molecule has 3 aromatic heterocycles. The van der Waals surface area contributed by atoms with E-state index in [1.165, 1.54) is 0 Å². The van der Waals surface area contributed by atoms with Crippen molar-refractivity contribution in [2.24, 2.45) is 0 Å². The normalized spacial score (nSPS) is 15.3. The average molecular weight is 409 g/mol. The van der Waals surface area contributed by atoms with Crippen molar-refractivity contribution in [3.63, 3.8) is 0 Å². The number of morpholine rings is 1. The lowest BCUT2D eigenvalue weighted by atomic mass is 10.1. The summed E-state index contributed by atoms with van der Waals surface area (Å²) in [5, 5.41) is 0.862. The molecule has 0 atom stereocenters. The van der Waals surface area contributed by atoms with Gasteiger partial charge in [0.25, 0.3) is 5.56 Å². The first-order chi connectivity index (χ1) is 14.6. The highest BCUT2D eigenvalue weighted by Crippen LogP contribution is 2.33. The zero-order valence-corrected chi connectivity index (χ0v) is 17.8. The van der Waals surface area contributed by atoms with Gasteiger partial charge in [0.2, 0.25) is 0 Å². The molecule has 0 aromatic carbocycles. The predicted molar refractivity (Wildman–Crippen MR) is 118 cm³/mol. The van der Waals surface area contributed by atoms with Gasteiger partial charge in [0.1, 0.15) is 17.0 Å². The van der Waals surface area contributed by atoms with Gasteiger partial charge in [0, 0.05) is 55.2 Å². The van der Waals surface area contributed by atoms with Crippen LogP contribution in [-0.2, 0) is 17.8 Å². The van der Waals surface area contributed by atoms with E-state index in [0.29, 0.717) is 17.8 Å². The number of rotatable bonds is 6. The number of pyridine rings is 2. The molecule has 1 saturated heterocycles. The first kappa shape index (κ1) is 20.4. The van der Waals surface area contributed by atoms with Gasteiger partial charge in [-0.2, -0.15) is 0 Å². The van der Waals surface area contributed by atoms with E-state index in [1.54, 1.807) is 11.7 Å². The largest absolute Gasteiger partial charge is 0.494 e. The first-order valence-electron chi connectivity index (χ1n) is 10.3. The molecule has 30 heavy (non-hydrogen) atoms. The van der Waals surface area contributed by atoms with Gasteiger partial charge < -0.3 is 19.0 Å². The molecular formula is C23H28N4O3. The number of aryl methyl sites for hydroxylation is 1. The van der Waals surface area contributed by atoms with Crippen LogP contribution in [-0.4, -0.2) is 52.8 Å². The fourth-order valence-electron chi connectivity index (χ4n) is 3.89. The number of ether oxygens (including phenoxy) is 2. The molecule has 0 spiro atoms. The Hall–Kier alpha value is -2.90. The lowest BCUT2D eigenvalue weighted by molar-refractivity contribution is 0.0341. The summed E-state index contributed by atoms with van der Waals surface area (Å²) >= 11 is 0. The Kier molecular flexibility index (Phi) is 6.01. The second-order valence-corrected chi connectivity index (χ2v) is 7.59. The van der Waals surface area contributed by atoms with Crippen molar-refractivity contribution < 1.29 is 9.47 Å². The third-order valence-electron chi connectivity index (χ3n) is 5.43. The molecule has 0 unspecified atom stereocenters. The maximum Gasteiger partial charge on any atom is 0.275 e. The van der Waals surface area contributed by atoms with Crippen molar-refractivity contribution in [2.75, 3.05) is 33.4 Å². The standard InChI is InChI=1S/C23H28N4O3/c1-4-5-6-27-15-19(18-11-16(2)25-22(18)23(27)28)21-20(29-3)12-17(13-24-21)14-26-7-9-30-10-8-26/h4-5,11-13,15,25H,6-10,14H2,1-3H3/b5-4+. The maximum absolute atomic E-state index is 12.9. The van der Waals surface area contributed by atoms with Gasteiger partial charge in [-0.15, -0.1) is 0 Å². The Morgan fingerprint density at radius 2 is 2.10 bits per heavy atom. The Morgan fingerprint density at radius 1 is 1.30 bits per heavy atom. The highest BCUT2D eigenvalue weighted by molar-refractivity contribution is 5.95. The molecule has 0 aliphatic carbocycles. The van der Waals surface area contributed by atoms with Gasteiger partial charge >= 0.3 is 0 Å². The van der Waals surface area contributed by atoms with Crippen molar-refractivity contribution in [3.05, 3.63) is 58.3 Å². The number of nitrogens with zero attached hydrogens (tertiary/aromatic N) is 3. The summed E-state index contributed by atoms with van der Waals surface area (Å²) in [7, 11) is 1.66. The highest BCUT2D eigenvalue weighted by Gasteiger charge is 2.18. The number of H-pyrrole nitrogens is 1. The van der Waals surface area contributed by atoms with E-state index in [1.807, 2.05) is 50.5 Å². The number of hydrogen-bond donors (Lipinski definition) is 1. The van der Waals surface area contributed by atoms with Crippen LogP contribution in [0.15, 0.2) is 41.5 Å². The first-order valence-corrected chi connectivity index (χ1v) is 10.3. The van der Waals surface area contributed by atoms with Crippen molar-refractivity contribution in [2.45, 2.75) is 26.9 Å². The third kappa shape index (κ3) is 4.04. The van der Waals surface area contributed by atoms with E-state index in [4.69, 9.17) is 14.5 Å². The summed E-state index contributed by atoms with van der Waals surface area (Å²) in [5.74, 6) is 0.706. The van der Waals surface area contributed by atoms with Gasteiger partial charge in [-0.25, -0.2) is 0 Å². The summed E-state index contributed by atoms with van der Waals surface area (Å²) in [6.07, 6.45) is 7.68. The summed E-state index contributed by atoms with van der Waals surface area (Å²) in [5.41, 5.74) is 4.21. The van der Waals surface area contributed by atoms with Crippen LogP contribution in [0.1, 0.15) is 18.2 Å². The van der Waals surface area contributed by atoms with Gasteiger partial charge in [0.15, 0.2) is 0 Å². The van der Waals surface area contributed by atoms with Crippen LogP contribution in [0.5, 0.6) is 5.75 Å². The van der Waals surface area contributed by atoms with Gasteiger partial charge in [-0.05, 0) is 31.5 Å². The maximum atomic E-state index is 12.9. The SMILES string of the molecule is C/C=C/Cn1cc(-c2ncc(CN3CCOCC3)cc2OC)c2cc(C)[nH]c2c1=O. The van der Waals surface area contributed by atoms with Crippen molar-refractivity contribution in [1.29, 1.82) is 0 Å². The lowest BCUT2D eigenvalue weighted by Crippen LogP contribution is -2.35. The molecular weight excluding hydrogens is 380 g/mol. The minimum absolute atomic E-state index is 0.0390. The molecule has 0 amide bonds. The molecule has 1 aliphatic rings. The van der Waals surface area contributed by atoms with Crippen LogP contribution in [0.2, 0.25) is 0 Å². The fourth-order valence-corrected chi connectivity index (χ4v) is 3.89. The molecule has 4 heterocycles. The molecule has 158 valence electrons. The quantitative estimate of drug-likeness (QED) is 0.635. The van der Waals surface area contributed by atoms with E-state index in [2.05, 4.69) is 9.88 Å². The highest BCUT2D eigenvalue weighted by atomic mass is 16.5. The van der Waals surface area contributed by atoms with Gasteiger partial charge in [-0.3, -0.25) is 14.7 Å². The number of nitrogens with one attached hydrogen (secondary N) is 1. The van der Waals surface area contributed by atoms with Crippen LogP contribution >= 0.6 is 0 Å². The van der Waals surface area contributed by atoms with Crippen LogP contribution in [0.3, 0.4) is 0 Å². The second-order valence-electron chi connectivity index (χ2n) is 7.59. The predicted octanol–water partition coefficient (Wildman–Crippen LogP) is 3.12. The molecule has 7 heteroatoms. The van der Waals surface area contributed by atoms with E-state index in [0.717, 1.165) is 60.7 Å². The molecule has 1 fully saturated rings. The molecule has 0 bridgehead atoms. The summed E-state index contributed by atoms with van der Waals surface area (Å²) in [6.45, 7) is 8.59. The molecule has 0 radical (unpaired) electrons. The monoisotopic (exact) mass is 408 g/mol. The van der Waals surface area contributed by atoms with Crippen molar-refractivity contribution in [1.82, 2.24) is 19.4 Å². The van der Waals surface area contributed by atoms with E-state index >= 15 is 0 Å². The number of methoxy groups -OCH3 is 1. The zero-order chi connectivity index (χ0) is 21.1. The van der Waals surface area contributed by atoms with Crippen LogP contribution in [0.25, 0.3) is 22.2 Å². The second kappa shape index (κ2) is 8.85. The Labute approximate surface area is 175 Å². The average Bonchev–Trinajstić information content (AvgIpc) is 3.16. The molecule has 0 saturated carbocycles. The minimum atomic E-state index is -0.0390. The third-order valence-corrected chi connectivity index (χ3v) is 5.43. The number of aromatic nitrogens is 3. The minimum Gasteiger partial charge on any atom is -0.494 e. The van der Waals surface area contributed by atoms with E-state index in [9.17, 15) is 4.79 Å². The summed E-state index contributed by atoms with van der Waals surface area (Å²) < 4.78 is 12.9. The molecule has 4 rings (SSSR count). The Morgan fingerprint density at radius 3 is 2.83 bits per heavy atom. The van der Waals surface area contributed by atoms with Crippen molar-refractivity contribution >= 4 is 10.9 Å². The van der Waals surface area contributed by atoms with Crippen LogP contribution < -0.4 is 10.3 Å². The summed E-state index contributed by atoms with van der Waals surface area (Å²) in [4.78, 5) is 23.2. The van der Waals surface area contributed by atoms with Crippen LogP contribution in [0, 0.1) is 6.92 Å². The van der Waals surface area contributed by atoms with Crippen LogP contribution in [0.4, 0.5) is 0 Å². The number of hydrogen-bond acceptors (Lipinski definition) is 5. The Balaban J connectivity index is 1.78.